The van der Waals surface area contributed by atoms with Crippen molar-refractivity contribution in [3.63, 3.8) is 0 Å². The minimum atomic E-state index is -0.939. The van der Waals surface area contributed by atoms with Gasteiger partial charge in [-0.05, 0) is 29.7 Å². The first-order chi connectivity index (χ1) is 6.72. The quantitative estimate of drug-likeness (QED) is 0.612. The number of methoxy groups -OCH3 is 1. The van der Waals surface area contributed by atoms with Crippen molar-refractivity contribution in [1.82, 2.24) is 0 Å². The number of carboxylic acids is 1. The van der Waals surface area contributed by atoms with Crippen LogP contribution in [0.25, 0.3) is 0 Å². The lowest BCUT2D eigenvalue weighted by molar-refractivity contribution is -0.131. The molecule has 74 valence electrons. The van der Waals surface area contributed by atoms with Gasteiger partial charge in [-0.25, -0.2) is 4.79 Å². The number of carboxylic acid groups (broad SMARTS) is 1. The fraction of sp³-hybridized carbons (Fsp3) is 0.100. The monoisotopic (exact) mass is 210 g/mol. The Hall–Kier alpha value is -1.42. The molecule has 0 bridgehead atoms. The summed E-state index contributed by atoms with van der Waals surface area (Å²) < 4.78 is 4.99. The molecule has 0 saturated carbocycles. The van der Waals surface area contributed by atoms with Gasteiger partial charge in [0.25, 0.3) is 0 Å². The Bertz CT molecular complexity index is 330. The molecule has 0 radical (unpaired) electrons. The van der Waals surface area contributed by atoms with E-state index < -0.39 is 5.97 Å². The van der Waals surface area contributed by atoms with Crippen molar-refractivity contribution in [1.29, 1.82) is 0 Å². The summed E-state index contributed by atoms with van der Waals surface area (Å²) in [6, 6.07) is 7.40. The van der Waals surface area contributed by atoms with E-state index in [1.807, 2.05) is 24.3 Å². The van der Waals surface area contributed by atoms with Gasteiger partial charge in [0.1, 0.15) is 5.75 Å². The molecular formula is C10H10O3S. The molecule has 1 rings (SSSR count). The Morgan fingerprint density at radius 3 is 2.57 bits per heavy atom. The third-order valence-corrected chi connectivity index (χ3v) is 2.29. The molecule has 14 heavy (non-hydrogen) atoms. The van der Waals surface area contributed by atoms with Crippen LogP contribution in [0.1, 0.15) is 0 Å². The Kier molecular flexibility index (Phi) is 4.07. The highest BCUT2D eigenvalue weighted by molar-refractivity contribution is 8.02. The molecule has 3 nitrogen and oxygen atoms in total. The molecule has 0 aliphatic rings. The van der Waals surface area contributed by atoms with Crippen molar-refractivity contribution < 1.29 is 14.6 Å². The summed E-state index contributed by atoms with van der Waals surface area (Å²) in [6.45, 7) is 0. The van der Waals surface area contributed by atoms with Crippen LogP contribution in [0.5, 0.6) is 5.75 Å². The van der Waals surface area contributed by atoms with E-state index in [0.717, 1.165) is 16.7 Å². The van der Waals surface area contributed by atoms with Crippen molar-refractivity contribution in [2.24, 2.45) is 0 Å². The number of thioether (sulfide) groups is 1. The van der Waals surface area contributed by atoms with Crippen molar-refractivity contribution in [3.05, 3.63) is 35.7 Å². The summed E-state index contributed by atoms with van der Waals surface area (Å²) in [4.78, 5) is 11.1. The molecule has 0 fully saturated rings. The number of benzene rings is 1. The lowest BCUT2D eigenvalue weighted by Gasteiger charge is -1.99. The first-order valence-electron chi connectivity index (χ1n) is 3.92. The number of aliphatic carboxylic acids is 1. The van der Waals surface area contributed by atoms with Crippen LogP contribution in [0.4, 0.5) is 0 Å². The molecule has 0 heterocycles. The first-order valence-corrected chi connectivity index (χ1v) is 4.80. The van der Waals surface area contributed by atoms with Crippen molar-refractivity contribution >= 4 is 17.7 Å². The number of ether oxygens (including phenoxy) is 1. The molecule has 0 unspecified atom stereocenters. The number of hydrogen-bond acceptors (Lipinski definition) is 3. The zero-order chi connectivity index (χ0) is 10.4. The Morgan fingerprint density at radius 1 is 1.43 bits per heavy atom. The molecule has 0 spiro atoms. The maximum Gasteiger partial charge on any atom is 0.328 e. The highest BCUT2D eigenvalue weighted by Gasteiger charge is 1.92. The summed E-state index contributed by atoms with van der Waals surface area (Å²) in [6.07, 6.45) is 1.11. The number of hydrogen-bond donors (Lipinski definition) is 1. The van der Waals surface area contributed by atoms with Gasteiger partial charge in [0.2, 0.25) is 0 Å². The topological polar surface area (TPSA) is 46.5 Å². The summed E-state index contributed by atoms with van der Waals surface area (Å²) >= 11 is 1.35. The van der Waals surface area contributed by atoms with Crippen LogP contribution < -0.4 is 4.74 Å². The second-order valence-electron chi connectivity index (χ2n) is 2.43. The zero-order valence-corrected chi connectivity index (χ0v) is 8.45. The van der Waals surface area contributed by atoms with Crippen LogP contribution in [0.3, 0.4) is 0 Å². The van der Waals surface area contributed by atoms with Gasteiger partial charge >= 0.3 is 5.97 Å². The van der Waals surface area contributed by atoms with Gasteiger partial charge in [-0.3, -0.25) is 0 Å². The van der Waals surface area contributed by atoms with E-state index in [-0.39, 0.29) is 0 Å². The molecule has 0 aromatic heterocycles. The fourth-order valence-electron chi connectivity index (χ4n) is 0.825. The molecule has 1 aromatic rings. The molecule has 0 atom stereocenters. The third kappa shape index (κ3) is 3.53. The largest absolute Gasteiger partial charge is 0.497 e. The summed E-state index contributed by atoms with van der Waals surface area (Å²) in [5.74, 6) is -0.150. The number of rotatable bonds is 4. The van der Waals surface area contributed by atoms with Crippen LogP contribution in [-0.4, -0.2) is 18.2 Å². The van der Waals surface area contributed by atoms with E-state index in [1.54, 1.807) is 7.11 Å². The average molecular weight is 210 g/mol. The summed E-state index contributed by atoms with van der Waals surface area (Å²) in [5.41, 5.74) is 0. The molecule has 4 heteroatoms. The summed E-state index contributed by atoms with van der Waals surface area (Å²) in [7, 11) is 1.60. The lowest BCUT2D eigenvalue weighted by atomic mass is 10.3. The van der Waals surface area contributed by atoms with E-state index in [4.69, 9.17) is 9.84 Å². The van der Waals surface area contributed by atoms with Crippen LogP contribution in [0.2, 0.25) is 0 Å². The van der Waals surface area contributed by atoms with Gasteiger partial charge in [-0.15, -0.1) is 0 Å². The maximum atomic E-state index is 10.2. The SMILES string of the molecule is COc1ccc(S/C=C/C(=O)O)cc1. The van der Waals surface area contributed by atoms with Gasteiger partial charge < -0.3 is 9.84 Å². The van der Waals surface area contributed by atoms with E-state index in [1.165, 1.54) is 17.2 Å². The third-order valence-electron chi connectivity index (χ3n) is 1.47. The van der Waals surface area contributed by atoms with Crippen molar-refractivity contribution in [2.45, 2.75) is 4.90 Å². The van der Waals surface area contributed by atoms with Crippen molar-refractivity contribution in [3.8, 4) is 5.75 Å². The van der Waals surface area contributed by atoms with Crippen LogP contribution >= 0.6 is 11.8 Å². The lowest BCUT2D eigenvalue weighted by Crippen LogP contribution is -1.84. The molecule has 0 aliphatic carbocycles. The van der Waals surface area contributed by atoms with Gasteiger partial charge in [-0.1, -0.05) is 11.8 Å². The van der Waals surface area contributed by atoms with E-state index in [2.05, 4.69) is 0 Å². The molecular weight excluding hydrogens is 200 g/mol. The van der Waals surface area contributed by atoms with Gasteiger partial charge in [0.05, 0.1) is 7.11 Å². The fourth-order valence-corrected chi connectivity index (χ4v) is 1.46. The minimum Gasteiger partial charge on any atom is -0.497 e. The predicted octanol–water partition coefficient (Wildman–Crippen LogP) is 2.39. The Balaban J connectivity index is 2.56. The smallest absolute Gasteiger partial charge is 0.328 e. The maximum absolute atomic E-state index is 10.2. The van der Waals surface area contributed by atoms with Gasteiger partial charge in [-0.2, -0.15) is 0 Å². The Labute approximate surface area is 86.4 Å². The highest BCUT2D eigenvalue weighted by atomic mass is 32.2. The van der Waals surface area contributed by atoms with E-state index >= 15 is 0 Å². The minimum absolute atomic E-state index is 0.788. The predicted molar refractivity (Wildman–Crippen MR) is 55.6 cm³/mol. The first kappa shape index (κ1) is 10.7. The second-order valence-corrected chi connectivity index (χ2v) is 3.41. The van der Waals surface area contributed by atoms with Gasteiger partial charge in [0.15, 0.2) is 0 Å². The molecule has 0 aliphatic heterocycles. The molecule has 1 N–H and O–H groups in total. The standard InChI is InChI=1S/C10H10O3S/c1-13-8-2-4-9(5-3-8)14-7-6-10(11)12/h2-7H,1H3,(H,11,12)/b7-6+. The normalized spacial score (nSPS) is 10.4. The van der Waals surface area contributed by atoms with E-state index in [9.17, 15) is 4.79 Å². The zero-order valence-electron chi connectivity index (χ0n) is 7.64. The molecule has 0 amide bonds. The van der Waals surface area contributed by atoms with E-state index in [0.29, 0.717) is 0 Å². The van der Waals surface area contributed by atoms with Crippen LogP contribution in [0.15, 0.2) is 40.6 Å². The molecule has 1 aromatic carbocycles. The average Bonchev–Trinajstić information content (AvgIpc) is 2.18. The van der Waals surface area contributed by atoms with Crippen LogP contribution in [0, 0.1) is 0 Å². The highest BCUT2D eigenvalue weighted by Crippen LogP contribution is 2.21. The molecule has 0 saturated heterocycles. The van der Waals surface area contributed by atoms with Gasteiger partial charge in [0, 0.05) is 11.0 Å². The number of carbonyl (C=O) groups is 1. The summed E-state index contributed by atoms with van der Waals surface area (Å²) in [5, 5.41) is 9.89. The van der Waals surface area contributed by atoms with Crippen LogP contribution in [-0.2, 0) is 4.79 Å². The Morgan fingerprint density at radius 2 is 2.07 bits per heavy atom. The second kappa shape index (κ2) is 5.34. The van der Waals surface area contributed by atoms with Crippen molar-refractivity contribution in [2.75, 3.05) is 7.11 Å².